The summed E-state index contributed by atoms with van der Waals surface area (Å²) in [6.07, 6.45) is 3.75. The summed E-state index contributed by atoms with van der Waals surface area (Å²) in [4.78, 5) is 27.2. The molecule has 1 aliphatic rings. The van der Waals surface area contributed by atoms with Gasteiger partial charge in [0.05, 0.1) is 6.04 Å². The normalized spacial score (nSPS) is 20.1. The number of aryl methyl sites for hydroxylation is 1. The Morgan fingerprint density at radius 1 is 1.56 bits per heavy atom. The van der Waals surface area contributed by atoms with Gasteiger partial charge < -0.3 is 9.88 Å². The molecule has 0 bridgehead atoms. The molecule has 4 heteroatoms. The maximum atomic E-state index is 11.5. The van der Waals surface area contributed by atoms with E-state index < -0.39 is 0 Å². The lowest BCUT2D eigenvalue weighted by Gasteiger charge is -2.24. The molecule has 0 aromatic carbocycles. The molecule has 16 heavy (non-hydrogen) atoms. The second-order valence-electron chi connectivity index (χ2n) is 4.31. The molecule has 1 N–H and O–H groups in total. The fourth-order valence-corrected chi connectivity index (χ4v) is 2.41. The minimum absolute atomic E-state index is 0.0892. The zero-order valence-electron chi connectivity index (χ0n) is 9.62. The molecule has 2 heterocycles. The highest BCUT2D eigenvalue weighted by Gasteiger charge is 2.28. The van der Waals surface area contributed by atoms with Gasteiger partial charge in [0.1, 0.15) is 0 Å². The van der Waals surface area contributed by atoms with Crippen LogP contribution < -0.4 is 5.56 Å². The van der Waals surface area contributed by atoms with E-state index in [-0.39, 0.29) is 17.5 Å². The van der Waals surface area contributed by atoms with Crippen molar-refractivity contribution in [2.45, 2.75) is 32.7 Å². The molecule has 0 unspecified atom stereocenters. The van der Waals surface area contributed by atoms with Crippen molar-refractivity contribution in [2.75, 3.05) is 6.54 Å². The monoisotopic (exact) mass is 220 g/mol. The number of nitrogens with one attached hydrogen (secondary N) is 1. The summed E-state index contributed by atoms with van der Waals surface area (Å²) in [5.41, 5.74) is 1.93. The molecule has 0 spiro atoms. The smallest absolute Gasteiger partial charge is 0.248 e. The Hall–Kier alpha value is -1.58. The Morgan fingerprint density at radius 3 is 2.94 bits per heavy atom. The van der Waals surface area contributed by atoms with Crippen LogP contribution in [0.3, 0.4) is 0 Å². The topological polar surface area (TPSA) is 53.2 Å². The lowest BCUT2D eigenvalue weighted by Crippen LogP contribution is -2.29. The van der Waals surface area contributed by atoms with E-state index in [9.17, 15) is 9.59 Å². The molecule has 0 aliphatic carbocycles. The van der Waals surface area contributed by atoms with E-state index >= 15 is 0 Å². The molecule has 0 radical (unpaired) electrons. The number of likely N-dealkylation sites (tertiary alicyclic amines) is 1. The van der Waals surface area contributed by atoms with Crippen molar-refractivity contribution < 1.29 is 4.79 Å². The van der Waals surface area contributed by atoms with Gasteiger partial charge in [-0.05, 0) is 30.9 Å². The van der Waals surface area contributed by atoms with Crippen molar-refractivity contribution in [1.82, 2.24) is 9.88 Å². The molecule has 1 aromatic heterocycles. The third kappa shape index (κ3) is 1.87. The third-order valence-corrected chi connectivity index (χ3v) is 3.19. The molecule has 1 fully saturated rings. The largest absolute Gasteiger partial charge is 0.336 e. The van der Waals surface area contributed by atoms with Crippen LogP contribution in [-0.2, 0) is 4.79 Å². The van der Waals surface area contributed by atoms with Crippen LogP contribution in [0.5, 0.6) is 0 Å². The fourth-order valence-electron chi connectivity index (χ4n) is 2.41. The summed E-state index contributed by atoms with van der Waals surface area (Å²) >= 11 is 0. The number of hydrogen-bond donors (Lipinski definition) is 1. The van der Waals surface area contributed by atoms with Crippen LogP contribution in [0.15, 0.2) is 17.1 Å². The van der Waals surface area contributed by atoms with E-state index in [0.29, 0.717) is 0 Å². The molecular weight excluding hydrogens is 204 g/mol. The molecule has 86 valence electrons. The number of amides is 1. The molecular formula is C12H16N2O2. The predicted octanol–water partition coefficient (Wildman–Crippen LogP) is 1.37. The highest BCUT2D eigenvalue weighted by Crippen LogP contribution is 2.32. The third-order valence-electron chi connectivity index (χ3n) is 3.19. The van der Waals surface area contributed by atoms with Crippen LogP contribution in [0.4, 0.5) is 0 Å². The molecule has 1 saturated heterocycles. The highest BCUT2D eigenvalue weighted by molar-refractivity contribution is 5.74. The summed E-state index contributed by atoms with van der Waals surface area (Å²) in [6, 6.07) is 1.72. The molecule has 1 atom stereocenters. The molecule has 1 aliphatic heterocycles. The number of rotatable bonds is 1. The van der Waals surface area contributed by atoms with E-state index in [1.807, 2.05) is 11.8 Å². The summed E-state index contributed by atoms with van der Waals surface area (Å²) < 4.78 is 0. The summed E-state index contributed by atoms with van der Waals surface area (Å²) in [7, 11) is 0. The summed E-state index contributed by atoms with van der Waals surface area (Å²) in [6.45, 7) is 4.33. The first kappa shape index (κ1) is 10.9. The van der Waals surface area contributed by atoms with Crippen LogP contribution in [0, 0.1) is 6.92 Å². The Bertz CT molecular complexity index is 464. The van der Waals surface area contributed by atoms with Crippen molar-refractivity contribution >= 4 is 5.91 Å². The number of aromatic nitrogens is 1. The quantitative estimate of drug-likeness (QED) is 0.777. The van der Waals surface area contributed by atoms with Gasteiger partial charge in [-0.1, -0.05) is 0 Å². The van der Waals surface area contributed by atoms with Gasteiger partial charge in [-0.25, -0.2) is 0 Å². The number of carbonyl (C=O) groups is 1. The van der Waals surface area contributed by atoms with Gasteiger partial charge in [0.2, 0.25) is 11.5 Å². The van der Waals surface area contributed by atoms with E-state index in [0.717, 1.165) is 30.5 Å². The number of pyridine rings is 1. The van der Waals surface area contributed by atoms with Gasteiger partial charge in [-0.15, -0.1) is 0 Å². The average molecular weight is 220 g/mol. The first-order valence-corrected chi connectivity index (χ1v) is 5.56. The van der Waals surface area contributed by atoms with Crippen LogP contribution in [0.1, 0.15) is 36.9 Å². The van der Waals surface area contributed by atoms with Gasteiger partial charge in [0.25, 0.3) is 0 Å². The van der Waals surface area contributed by atoms with Crippen molar-refractivity contribution in [3.63, 3.8) is 0 Å². The number of H-pyrrole nitrogens is 1. The van der Waals surface area contributed by atoms with E-state index in [4.69, 9.17) is 0 Å². The van der Waals surface area contributed by atoms with Gasteiger partial charge >= 0.3 is 0 Å². The predicted molar refractivity (Wildman–Crippen MR) is 61.2 cm³/mol. The van der Waals surface area contributed by atoms with Crippen LogP contribution in [0.25, 0.3) is 0 Å². The zero-order valence-corrected chi connectivity index (χ0v) is 9.62. The Kier molecular flexibility index (Phi) is 2.81. The second kappa shape index (κ2) is 4.12. The molecule has 1 amide bonds. The first-order valence-electron chi connectivity index (χ1n) is 5.56. The van der Waals surface area contributed by atoms with Gasteiger partial charge in [0, 0.05) is 25.7 Å². The fraction of sp³-hybridized carbons (Fsp3) is 0.500. The SMILES string of the molecule is CC(=O)N1CCC[C@H]1c1c[nH]c(=O)cc1C. The van der Waals surface area contributed by atoms with E-state index in [2.05, 4.69) is 4.98 Å². The highest BCUT2D eigenvalue weighted by atomic mass is 16.2. The van der Waals surface area contributed by atoms with Gasteiger partial charge in [-0.2, -0.15) is 0 Å². The average Bonchev–Trinajstić information content (AvgIpc) is 2.66. The maximum absolute atomic E-state index is 11.5. The Balaban J connectivity index is 2.36. The Morgan fingerprint density at radius 2 is 2.31 bits per heavy atom. The van der Waals surface area contributed by atoms with Crippen molar-refractivity contribution in [3.8, 4) is 0 Å². The molecule has 0 saturated carbocycles. The molecule has 2 rings (SSSR count). The summed E-state index contributed by atoms with van der Waals surface area (Å²) in [5, 5.41) is 0. The lowest BCUT2D eigenvalue weighted by molar-refractivity contribution is -0.129. The van der Waals surface area contributed by atoms with E-state index in [1.165, 1.54) is 0 Å². The van der Waals surface area contributed by atoms with Crippen molar-refractivity contribution in [3.05, 3.63) is 33.7 Å². The number of aromatic amines is 1. The van der Waals surface area contributed by atoms with Crippen molar-refractivity contribution in [2.24, 2.45) is 0 Å². The summed E-state index contributed by atoms with van der Waals surface area (Å²) in [5.74, 6) is 0.105. The minimum atomic E-state index is -0.0892. The molecule has 1 aromatic rings. The first-order chi connectivity index (χ1) is 7.59. The van der Waals surface area contributed by atoms with E-state index in [1.54, 1.807) is 19.2 Å². The van der Waals surface area contributed by atoms with Gasteiger partial charge in [0.15, 0.2) is 0 Å². The van der Waals surface area contributed by atoms with Crippen LogP contribution in [0.2, 0.25) is 0 Å². The lowest BCUT2D eigenvalue weighted by atomic mass is 10.0. The Labute approximate surface area is 94.3 Å². The van der Waals surface area contributed by atoms with Crippen LogP contribution in [-0.4, -0.2) is 22.3 Å². The number of hydrogen-bond acceptors (Lipinski definition) is 2. The van der Waals surface area contributed by atoms with Crippen LogP contribution >= 0.6 is 0 Å². The molecule has 4 nitrogen and oxygen atoms in total. The van der Waals surface area contributed by atoms with Crippen molar-refractivity contribution in [1.29, 1.82) is 0 Å². The maximum Gasteiger partial charge on any atom is 0.248 e. The second-order valence-corrected chi connectivity index (χ2v) is 4.31. The minimum Gasteiger partial charge on any atom is -0.336 e. The van der Waals surface area contributed by atoms with Gasteiger partial charge in [-0.3, -0.25) is 9.59 Å². The number of carbonyl (C=O) groups excluding carboxylic acids is 1. The number of nitrogens with zero attached hydrogens (tertiary/aromatic N) is 1. The zero-order chi connectivity index (χ0) is 11.7. The standard InChI is InChI=1S/C12H16N2O2/c1-8-6-12(16)13-7-10(8)11-4-3-5-14(11)9(2)15/h6-7,11H,3-5H2,1-2H3,(H,13,16)/t11-/m0/s1.